The summed E-state index contributed by atoms with van der Waals surface area (Å²) >= 11 is 0. The Morgan fingerprint density at radius 2 is 2.10 bits per heavy atom. The first kappa shape index (κ1) is 22.9. The van der Waals surface area contributed by atoms with Crippen molar-refractivity contribution in [3.8, 4) is 0 Å². The number of aldehydes is 1. The fraction of sp³-hybridized carbons (Fsp3) is 0.478. The number of nitrogens with zero attached hydrogens (tertiary/aromatic N) is 1. The Morgan fingerprint density at radius 1 is 1.38 bits per heavy atom. The average Bonchev–Trinajstić information content (AvgIpc) is 3.47. The SMILES string of the molecule is CC/C=C(\C=C/C(C)C=O)C(C=C(N)CC1C=C(C(F)F)C=C(F)C1)=NC1CC1. The van der Waals surface area contributed by atoms with Crippen LogP contribution in [0.3, 0.4) is 0 Å². The molecule has 0 bridgehead atoms. The fourth-order valence-electron chi connectivity index (χ4n) is 3.05. The number of aliphatic imine (C=N–C) groups is 1. The first-order valence-electron chi connectivity index (χ1n) is 10.1. The molecule has 3 nitrogen and oxygen atoms in total. The van der Waals surface area contributed by atoms with Crippen molar-refractivity contribution in [2.45, 2.75) is 58.4 Å². The number of allylic oxidation sites excluding steroid dienone is 10. The molecule has 158 valence electrons. The quantitative estimate of drug-likeness (QED) is 0.291. The maximum atomic E-state index is 13.7. The van der Waals surface area contributed by atoms with Crippen LogP contribution in [0.2, 0.25) is 0 Å². The maximum absolute atomic E-state index is 13.7. The summed E-state index contributed by atoms with van der Waals surface area (Å²) in [5.74, 6) is -1.18. The van der Waals surface area contributed by atoms with Gasteiger partial charge in [-0.2, -0.15) is 0 Å². The average molecular weight is 406 g/mol. The zero-order valence-corrected chi connectivity index (χ0v) is 17.0. The molecule has 0 heterocycles. The van der Waals surface area contributed by atoms with Gasteiger partial charge < -0.3 is 10.5 Å². The second kappa shape index (κ2) is 11.0. The van der Waals surface area contributed by atoms with Crippen molar-refractivity contribution in [1.29, 1.82) is 0 Å². The second-order valence-electron chi connectivity index (χ2n) is 7.61. The van der Waals surface area contributed by atoms with Crippen molar-refractivity contribution < 1.29 is 18.0 Å². The number of alkyl halides is 2. The van der Waals surface area contributed by atoms with Gasteiger partial charge in [0.25, 0.3) is 6.43 Å². The van der Waals surface area contributed by atoms with E-state index in [1.807, 2.05) is 19.1 Å². The highest BCUT2D eigenvalue weighted by Gasteiger charge is 2.23. The summed E-state index contributed by atoms with van der Waals surface area (Å²) in [6.45, 7) is 3.81. The van der Waals surface area contributed by atoms with E-state index < -0.39 is 18.2 Å². The molecule has 2 aliphatic rings. The van der Waals surface area contributed by atoms with Crippen molar-refractivity contribution in [2.24, 2.45) is 22.6 Å². The molecule has 0 aromatic carbocycles. The number of hydrogen-bond acceptors (Lipinski definition) is 3. The van der Waals surface area contributed by atoms with E-state index in [1.54, 1.807) is 19.1 Å². The number of nitrogens with two attached hydrogens (primary N) is 1. The van der Waals surface area contributed by atoms with Crippen molar-refractivity contribution in [1.82, 2.24) is 0 Å². The third-order valence-electron chi connectivity index (χ3n) is 4.66. The predicted octanol–water partition coefficient (Wildman–Crippen LogP) is 5.61. The zero-order valence-electron chi connectivity index (χ0n) is 17.0. The van der Waals surface area contributed by atoms with Crippen LogP contribution in [-0.4, -0.2) is 24.5 Å². The largest absolute Gasteiger partial charge is 0.402 e. The molecule has 2 aliphatic carbocycles. The lowest BCUT2D eigenvalue weighted by atomic mass is 9.91. The van der Waals surface area contributed by atoms with Crippen LogP contribution in [-0.2, 0) is 4.79 Å². The van der Waals surface area contributed by atoms with Crippen LogP contribution in [0, 0.1) is 11.8 Å². The van der Waals surface area contributed by atoms with Gasteiger partial charge in [0.15, 0.2) is 0 Å². The van der Waals surface area contributed by atoms with Crippen molar-refractivity contribution in [2.75, 3.05) is 0 Å². The Bertz CT molecular complexity index is 771. The van der Waals surface area contributed by atoms with Gasteiger partial charge in [0.2, 0.25) is 0 Å². The standard InChI is InChI=1S/C23H29F3N2O/c1-3-4-17(6-5-15(2)14-29)22(28-21-7-8-21)13-20(27)11-16-9-18(23(25)26)12-19(24)10-16/h4-6,9,12-16,21,23H,3,7-8,10-11,27H2,1-2H3/b6-5-,17-4+,20-13?,28-22?. The Kier molecular flexibility index (Phi) is 8.68. The van der Waals surface area contributed by atoms with E-state index in [-0.39, 0.29) is 30.4 Å². The van der Waals surface area contributed by atoms with Gasteiger partial charge >= 0.3 is 0 Å². The van der Waals surface area contributed by atoms with Crippen LogP contribution >= 0.6 is 0 Å². The van der Waals surface area contributed by atoms with Crippen LogP contribution in [0.5, 0.6) is 0 Å². The lowest BCUT2D eigenvalue weighted by Crippen LogP contribution is -2.13. The van der Waals surface area contributed by atoms with Gasteiger partial charge in [-0.3, -0.25) is 4.99 Å². The Balaban J connectivity index is 2.23. The molecule has 1 fully saturated rings. The Hall–Kier alpha value is -2.37. The fourth-order valence-corrected chi connectivity index (χ4v) is 3.05. The molecule has 2 unspecified atom stereocenters. The Morgan fingerprint density at radius 3 is 2.69 bits per heavy atom. The molecule has 0 radical (unpaired) electrons. The molecule has 1 saturated carbocycles. The van der Waals surface area contributed by atoms with Crippen LogP contribution < -0.4 is 5.73 Å². The molecule has 0 spiro atoms. The molecule has 0 aromatic rings. The maximum Gasteiger partial charge on any atom is 0.263 e. The second-order valence-corrected chi connectivity index (χ2v) is 7.61. The van der Waals surface area contributed by atoms with Gasteiger partial charge in [0, 0.05) is 23.6 Å². The Labute approximate surface area is 170 Å². The van der Waals surface area contributed by atoms with Crippen LogP contribution in [0.1, 0.15) is 46.0 Å². The summed E-state index contributed by atoms with van der Waals surface area (Å²) in [6.07, 6.45) is 11.1. The zero-order chi connectivity index (χ0) is 21.4. The molecule has 0 saturated heterocycles. The lowest BCUT2D eigenvalue weighted by Gasteiger charge is -2.18. The number of carbonyl (C=O) groups excluding carboxylic acids is 1. The van der Waals surface area contributed by atoms with Crippen LogP contribution in [0.4, 0.5) is 13.2 Å². The summed E-state index contributed by atoms with van der Waals surface area (Å²) in [7, 11) is 0. The van der Waals surface area contributed by atoms with Crippen molar-refractivity contribution in [3.63, 3.8) is 0 Å². The number of halogens is 3. The third kappa shape index (κ3) is 7.87. The highest BCUT2D eigenvalue weighted by atomic mass is 19.3. The highest BCUT2D eigenvalue weighted by Crippen LogP contribution is 2.30. The minimum absolute atomic E-state index is 0.0638. The summed E-state index contributed by atoms with van der Waals surface area (Å²) in [4.78, 5) is 15.6. The lowest BCUT2D eigenvalue weighted by molar-refractivity contribution is -0.109. The van der Waals surface area contributed by atoms with Gasteiger partial charge in [-0.15, -0.1) is 0 Å². The van der Waals surface area contributed by atoms with Gasteiger partial charge in [-0.05, 0) is 49.3 Å². The third-order valence-corrected chi connectivity index (χ3v) is 4.66. The molecule has 2 atom stereocenters. The molecule has 6 heteroatoms. The minimum Gasteiger partial charge on any atom is -0.402 e. The van der Waals surface area contributed by atoms with E-state index in [0.717, 1.165) is 37.2 Å². The topological polar surface area (TPSA) is 55.5 Å². The van der Waals surface area contributed by atoms with Gasteiger partial charge in [0.05, 0.1) is 11.8 Å². The summed E-state index contributed by atoms with van der Waals surface area (Å²) in [6, 6.07) is 0.256. The summed E-state index contributed by atoms with van der Waals surface area (Å²) in [5.41, 5.74) is 7.95. The van der Waals surface area contributed by atoms with Crippen molar-refractivity contribution in [3.05, 3.63) is 59.1 Å². The number of carbonyl (C=O) groups is 1. The van der Waals surface area contributed by atoms with E-state index in [9.17, 15) is 18.0 Å². The first-order chi connectivity index (χ1) is 13.8. The van der Waals surface area contributed by atoms with E-state index in [1.165, 1.54) is 6.08 Å². The molecular formula is C23H29F3N2O. The van der Waals surface area contributed by atoms with E-state index in [4.69, 9.17) is 10.7 Å². The number of rotatable bonds is 10. The molecule has 0 amide bonds. The molecule has 2 N–H and O–H groups in total. The molecular weight excluding hydrogens is 377 g/mol. The summed E-state index contributed by atoms with van der Waals surface area (Å²) < 4.78 is 39.6. The number of hydrogen-bond donors (Lipinski definition) is 1. The van der Waals surface area contributed by atoms with E-state index >= 15 is 0 Å². The molecule has 0 aliphatic heterocycles. The molecule has 2 rings (SSSR count). The van der Waals surface area contributed by atoms with Gasteiger partial charge in [-0.25, -0.2) is 13.2 Å². The molecule has 0 aromatic heterocycles. The normalized spacial score (nSPS) is 22.7. The van der Waals surface area contributed by atoms with Gasteiger partial charge in [0.1, 0.15) is 12.1 Å². The van der Waals surface area contributed by atoms with E-state index in [0.29, 0.717) is 11.4 Å². The molecule has 29 heavy (non-hydrogen) atoms. The highest BCUT2D eigenvalue weighted by molar-refractivity contribution is 6.10. The minimum atomic E-state index is -2.70. The first-order valence-corrected chi connectivity index (χ1v) is 10.1. The monoisotopic (exact) mass is 406 g/mol. The van der Waals surface area contributed by atoms with Crippen LogP contribution in [0.15, 0.2) is 64.1 Å². The van der Waals surface area contributed by atoms with E-state index in [2.05, 4.69) is 0 Å². The van der Waals surface area contributed by atoms with Crippen molar-refractivity contribution >= 4 is 12.0 Å². The summed E-state index contributed by atoms with van der Waals surface area (Å²) in [5, 5.41) is 0. The van der Waals surface area contributed by atoms with Gasteiger partial charge in [-0.1, -0.05) is 38.2 Å². The predicted molar refractivity (Wildman–Crippen MR) is 111 cm³/mol. The smallest absolute Gasteiger partial charge is 0.263 e. The van der Waals surface area contributed by atoms with Crippen LogP contribution in [0.25, 0.3) is 0 Å².